The number of nitrogens with zero attached hydrogens (tertiary/aromatic N) is 2. The first-order chi connectivity index (χ1) is 15.3. The van der Waals surface area contributed by atoms with E-state index in [0.717, 1.165) is 12.8 Å². The molecule has 0 bridgehead atoms. The molecule has 0 radical (unpaired) electrons. The van der Waals surface area contributed by atoms with Crippen molar-refractivity contribution in [2.75, 3.05) is 5.32 Å². The molecule has 1 atom stereocenters. The first-order valence-corrected chi connectivity index (χ1v) is 11.0. The van der Waals surface area contributed by atoms with E-state index in [9.17, 15) is 14.4 Å². The van der Waals surface area contributed by atoms with Gasteiger partial charge >= 0.3 is 5.97 Å². The molecule has 3 aromatic rings. The van der Waals surface area contributed by atoms with E-state index in [4.69, 9.17) is 27.9 Å². The summed E-state index contributed by atoms with van der Waals surface area (Å²) in [5, 5.41) is 3.68. The summed E-state index contributed by atoms with van der Waals surface area (Å²) in [6.07, 6.45) is 1.03. The third-order valence-corrected chi connectivity index (χ3v) is 6.05. The van der Waals surface area contributed by atoms with Crippen LogP contribution in [0.25, 0.3) is 10.9 Å². The Morgan fingerprint density at radius 1 is 1.19 bits per heavy atom. The Morgan fingerprint density at radius 2 is 1.94 bits per heavy atom. The van der Waals surface area contributed by atoms with Crippen LogP contribution in [-0.2, 0) is 20.7 Å². The molecule has 4 rings (SSSR count). The predicted octanol–water partition coefficient (Wildman–Crippen LogP) is 4.54. The Labute approximate surface area is 194 Å². The lowest BCUT2D eigenvalue weighted by Gasteiger charge is -2.15. The number of esters is 1. The number of carbonyl (C=O) groups is 2. The minimum absolute atomic E-state index is 0.00690. The molecule has 7 nitrogen and oxygen atoms in total. The summed E-state index contributed by atoms with van der Waals surface area (Å²) in [4.78, 5) is 42.3. The quantitative estimate of drug-likeness (QED) is 0.508. The maximum absolute atomic E-state index is 12.9. The van der Waals surface area contributed by atoms with E-state index in [1.807, 2.05) is 12.1 Å². The van der Waals surface area contributed by atoms with E-state index in [1.54, 1.807) is 34.9 Å². The molecule has 1 amide bonds. The maximum Gasteiger partial charge on any atom is 0.307 e. The highest BCUT2D eigenvalue weighted by Crippen LogP contribution is 2.35. The molecule has 9 heteroatoms. The molecule has 166 valence electrons. The van der Waals surface area contributed by atoms with Crippen LogP contribution in [0, 0.1) is 0 Å². The molecular weight excluding hydrogens is 453 g/mol. The Morgan fingerprint density at radius 3 is 2.69 bits per heavy atom. The highest BCUT2D eigenvalue weighted by atomic mass is 35.5. The Bertz CT molecular complexity index is 1250. The summed E-state index contributed by atoms with van der Waals surface area (Å²) < 4.78 is 6.96. The molecule has 32 heavy (non-hydrogen) atoms. The molecule has 1 aliphatic rings. The van der Waals surface area contributed by atoms with E-state index in [0.29, 0.717) is 27.4 Å². The zero-order valence-corrected chi connectivity index (χ0v) is 18.8. The third kappa shape index (κ3) is 4.79. The smallest absolute Gasteiger partial charge is 0.307 e. The summed E-state index contributed by atoms with van der Waals surface area (Å²) in [5.41, 5.74) is 0.845. The minimum Gasteiger partial charge on any atom is -0.453 e. The second-order valence-corrected chi connectivity index (χ2v) is 8.46. The van der Waals surface area contributed by atoms with Gasteiger partial charge in [-0.15, -0.1) is 0 Å². The normalized spacial score (nSPS) is 14.2. The number of hydrogen-bond donors (Lipinski definition) is 1. The fraction of sp³-hybridized carbons (Fsp3) is 0.304. The standard InChI is InChI=1S/C23H21Cl2N3O4/c1-13(22(30)27-18-8-4-6-16(24)21(18)25)32-20(29)12-11-19-26-17-7-3-2-5-15(17)23(31)28(19)14-9-10-14/h2-8,13-14H,9-12H2,1H3,(H,27,30). The summed E-state index contributed by atoms with van der Waals surface area (Å²) >= 11 is 12.0. The van der Waals surface area contributed by atoms with E-state index in [-0.39, 0.29) is 29.5 Å². The van der Waals surface area contributed by atoms with Crippen LogP contribution >= 0.6 is 23.2 Å². The van der Waals surface area contributed by atoms with Crippen molar-refractivity contribution in [2.45, 2.75) is 44.8 Å². The second-order valence-electron chi connectivity index (χ2n) is 7.67. The number of nitrogens with one attached hydrogen (secondary N) is 1. The van der Waals surface area contributed by atoms with Gasteiger partial charge in [0.15, 0.2) is 6.10 Å². The van der Waals surface area contributed by atoms with Crippen LogP contribution in [0.15, 0.2) is 47.3 Å². The van der Waals surface area contributed by atoms with Crippen molar-refractivity contribution in [3.8, 4) is 0 Å². The summed E-state index contributed by atoms with van der Waals surface area (Å²) in [6.45, 7) is 1.47. The van der Waals surface area contributed by atoms with Crippen LogP contribution in [0.2, 0.25) is 10.0 Å². The van der Waals surface area contributed by atoms with Crippen molar-refractivity contribution in [3.63, 3.8) is 0 Å². The van der Waals surface area contributed by atoms with Crippen LogP contribution in [0.1, 0.15) is 38.1 Å². The van der Waals surface area contributed by atoms with Crippen molar-refractivity contribution < 1.29 is 14.3 Å². The van der Waals surface area contributed by atoms with Gasteiger partial charge in [0.2, 0.25) is 0 Å². The van der Waals surface area contributed by atoms with Crippen molar-refractivity contribution in [1.82, 2.24) is 9.55 Å². The lowest BCUT2D eigenvalue weighted by Crippen LogP contribution is -2.30. The first-order valence-electron chi connectivity index (χ1n) is 10.3. The summed E-state index contributed by atoms with van der Waals surface area (Å²) in [7, 11) is 0. The SMILES string of the molecule is CC(OC(=O)CCc1nc2ccccc2c(=O)n1C1CC1)C(=O)Nc1cccc(Cl)c1Cl. The third-order valence-electron chi connectivity index (χ3n) is 5.23. The molecule has 0 aliphatic heterocycles. The molecule has 2 aromatic carbocycles. The van der Waals surface area contributed by atoms with Crippen molar-refractivity contribution in [3.05, 3.63) is 68.7 Å². The largest absolute Gasteiger partial charge is 0.453 e. The van der Waals surface area contributed by atoms with Gasteiger partial charge in [0, 0.05) is 12.5 Å². The number of para-hydroxylation sites is 1. The molecule has 1 saturated carbocycles. The lowest BCUT2D eigenvalue weighted by atomic mass is 10.2. The van der Waals surface area contributed by atoms with E-state index in [1.165, 1.54) is 6.92 Å². The van der Waals surface area contributed by atoms with Gasteiger partial charge in [0.05, 0.1) is 33.1 Å². The van der Waals surface area contributed by atoms with Gasteiger partial charge in [-0.3, -0.25) is 19.0 Å². The van der Waals surface area contributed by atoms with Crippen LogP contribution in [-0.4, -0.2) is 27.5 Å². The van der Waals surface area contributed by atoms with E-state index < -0.39 is 18.0 Å². The zero-order chi connectivity index (χ0) is 22.8. The Kier molecular flexibility index (Phi) is 6.48. The lowest BCUT2D eigenvalue weighted by molar-refractivity contribution is -0.153. The maximum atomic E-state index is 12.9. The molecule has 1 aromatic heterocycles. The Balaban J connectivity index is 1.41. The number of aromatic nitrogens is 2. The van der Waals surface area contributed by atoms with Crippen LogP contribution in [0.3, 0.4) is 0 Å². The summed E-state index contributed by atoms with van der Waals surface area (Å²) in [6, 6.07) is 12.1. The number of halogens is 2. The van der Waals surface area contributed by atoms with Gasteiger partial charge in [0.1, 0.15) is 5.82 Å². The highest BCUT2D eigenvalue weighted by Gasteiger charge is 2.28. The van der Waals surface area contributed by atoms with Crippen LogP contribution < -0.4 is 10.9 Å². The number of fused-ring (bicyclic) bond motifs is 1. The van der Waals surface area contributed by atoms with Gasteiger partial charge in [0.25, 0.3) is 11.5 Å². The fourth-order valence-electron chi connectivity index (χ4n) is 3.44. The molecule has 1 fully saturated rings. The molecule has 1 N–H and O–H groups in total. The number of amides is 1. The average molecular weight is 474 g/mol. The van der Waals surface area contributed by atoms with E-state index >= 15 is 0 Å². The molecule has 0 spiro atoms. The van der Waals surface area contributed by atoms with Crippen molar-refractivity contribution in [2.24, 2.45) is 0 Å². The number of aryl methyl sites for hydroxylation is 1. The fourth-order valence-corrected chi connectivity index (χ4v) is 3.78. The number of rotatable bonds is 7. The van der Waals surface area contributed by atoms with Crippen LogP contribution in [0.5, 0.6) is 0 Å². The minimum atomic E-state index is -1.03. The van der Waals surface area contributed by atoms with Gasteiger partial charge in [-0.25, -0.2) is 4.98 Å². The van der Waals surface area contributed by atoms with Crippen LogP contribution in [0.4, 0.5) is 5.69 Å². The Hall–Kier alpha value is -2.90. The predicted molar refractivity (Wildman–Crippen MR) is 123 cm³/mol. The van der Waals surface area contributed by atoms with Crippen molar-refractivity contribution in [1.29, 1.82) is 0 Å². The number of hydrogen-bond acceptors (Lipinski definition) is 5. The number of benzene rings is 2. The zero-order valence-electron chi connectivity index (χ0n) is 17.3. The number of carbonyl (C=O) groups excluding carboxylic acids is 2. The average Bonchev–Trinajstić information content (AvgIpc) is 3.60. The van der Waals surface area contributed by atoms with Crippen molar-refractivity contribution >= 4 is 51.7 Å². The van der Waals surface area contributed by atoms with Gasteiger partial charge < -0.3 is 10.1 Å². The van der Waals surface area contributed by atoms with Gasteiger partial charge in [-0.2, -0.15) is 0 Å². The molecular formula is C23H21Cl2N3O4. The molecule has 1 heterocycles. The molecule has 0 saturated heterocycles. The summed E-state index contributed by atoms with van der Waals surface area (Å²) in [5.74, 6) is -0.535. The molecule has 1 unspecified atom stereocenters. The highest BCUT2D eigenvalue weighted by molar-refractivity contribution is 6.44. The van der Waals surface area contributed by atoms with Gasteiger partial charge in [-0.05, 0) is 44.0 Å². The topological polar surface area (TPSA) is 90.3 Å². The molecule has 1 aliphatic carbocycles. The number of ether oxygens (including phenoxy) is 1. The monoisotopic (exact) mass is 473 g/mol. The van der Waals surface area contributed by atoms with E-state index in [2.05, 4.69) is 10.3 Å². The first kappa shape index (κ1) is 22.3. The van der Waals surface area contributed by atoms with Gasteiger partial charge in [-0.1, -0.05) is 41.4 Å². The number of anilines is 1. The second kappa shape index (κ2) is 9.30.